The van der Waals surface area contributed by atoms with Gasteiger partial charge >= 0.3 is 0 Å². The van der Waals surface area contributed by atoms with E-state index in [0.717, 1.165) is 27.0 Å². The van der Waals surface area contributed by atoms with Gasteiger partial charge in [0.1, 0.15) is 5.75 Å². The number of rotatable bonds is 4. The molecular weight excluding hydrogens is 350 g/mol. The summed E-state index contributed by atoms with van der Waals surface area (Å²) in [7, 11) is 1.60. The molecule has 0 saturated heterocycles. The van der Waals surface area contributed by atoms with Gasteiger partial charge in [0, 0.05) is 5.56 Å². The molecule has 1 aromatic heterocycles. The van der Waals surface area contributed by atoms with Crippen LogP contribution in [0, 0.1) is 0 Å². The maximum absolute atomic E-state index is 13.2. The second-order valence-electron chi connectivity index (χ2n) is 6.40. The quantitative estimate of drug-likeness (QED) is 0.510. The van der Waals surface area contributed by atoms with Crippen molar-refractivity contribution < 1.29 is 9.94 Å². The van der Waals surface area contributed by atoms with Gasteiger partial charge in [0.25, 0.3) is 5.56 Å². The number of ether oxygens (including phenoxy) is 1. The third kappa shape index (κ3) is 3.16. The number of methoxy groups -OCH3 is 1. The molecule has 4 heteroatoms. The monoisotopic (exact) mass is 369 g/mol. The highest BCUT2D eigenvalue weighted by molar-refractivity contribution is 5.85. The Hall–Kier alpha value is -3.79. The largest absolute Gasteiger partial charge is 0.497 e. The minimum Gasteiger partial charge on any atom is -0.497 e. The Morgan fingerprint density at radius 2 is 1.32 bits per heavy atom. The van der Waals surface area contributed by atoms with E-state index in [4.69, 9.17) is 4.74 Å². The molecule has 0 saturated carbocycles. The first-order chi connectivity index (χ1) is 13.7. The first-order valence-electron chi connectivity index (χ1n) is 8.93. The normalized spacial score (nSPS) is 10.6. The number of hydrogen-bond donors (Lipinski definition) is 1. The van der Waals surface area contributed by atoms with Crippen LogP contribution in [0.15, 0.2) is 95.8 Å². The van der Waals surface area contributed by atoms with Gasteiger partial charge in [-0.1, -0.05) is 60.7 Å². The van der Waals surface area contributed by atoms with Gasteiger partial charge in [0.15, 0.2) is 0 Å². The lowest BCUT2D eigenvalue weighted by molar-refractivity contribution is 0.180. The predicted octanol–water partition coefficient (Wildman–Crippen LogP) is 5.10. The second kappa shape index (κ2) is 7.45. The van der Waals surface area contributed by atoms with Gasteiger partial charge < -0.3 is 9.94 Å². The molecule has 1 N–H and O–H groups in total. The van der Waals surface area contributed by atoms with Crippen LogP contribution in [0.25, 0.3) is 33.5 Å². The van der Waals surface area contributed by atoms with Crippen molar-refractivity contribution in [1.82, 2.24) is 4.73 Å². The smallest absolute Gasteiger partial charge is 0.291 e. The van der Waals surface area contributed by atoms with Crippen LogP contribution in [0.3, 0.4) is 0 Å². The van der Waals surface area contributed by atoms with E-state index in [1.165, 1.54) is 0 Å². The van der Waals surface area contributed by atoms with Gasteiger partial charge in [-0.3, -0.25) is 4.79 Å². The first kappa shape index (κ1) is 17.6. The van der Waals surface area contributed by atoms with Crippen LogP contribution in [0.1, 0.15) is 0 Å². The van der Waals surface area contributed by atoms with Crippen molar-refractivity contribution in [2.75, 3.05) is 7.11 Å². The van der Waals surface area contributed by atoms with Crippen molar-refractivity contribution in [3.8, 4) is 39.3 Å². The molecule has 0 fully saturated rings. The average molecular weight is 369 g/mol. The standard InChI is InChI=1S/C24H19NO3/c1-28-20-14-12-18(13-15-20)22-16-21(17-8-4-2-5-9-17)23(24(26)25(22)27)19-10-6-3-7-11-19/h2-16,27H,1H3. The molecule has 4 nitrogen and oxygen atoms in total. The van der Waals surface area contributed by atoms with Crippen LogP contribution in [0.2, 0.25) is 0 Å². The van der Waals surface area contributed by atoms with Crippen molar-refractivity contribution in [3.05, 3.63) is 101 Å². The maximum atomic E-state index is 13.2. The molecular formula is C24H19NO3. The molecule has 4 rings (SSSR count). The molecule has 0 aliphatic rings. The number of benzene rings is 3. The Kier molecular flexibility index (Phi) is 4.68. The predicted molar refractivity (Wildman–Crippen MR) is 111 cm³/mol. The molecule has 3 aromatic carbocycles. The lowest BCUT2D eigenvalue weighted by atomic mass is 9.94. The highest BCUT2D eigenvalue weighted by Crippen LogP contribution is 2.33. The molecule has 0 aliphatic carbocycles. The summed E-state index contributed by atoms with van der Waals surface area (Å²) in [4.78, 5) is 13.2. The number of pyridine rings is 1. The van der Waals surface area contributed by atoms with Gasteiger partial charge in [0.05, 0.1) is 18.4 Å². The Morgan fingerprint density at radius 1 is 0.750 bits per heavy atom. The zero-order valence-electron chi connectivity index (χ0n) is 15.4. The Labute approximate surface area is 162 Å². The molecule has 4 aromatic rings. The molecule has 0 spiro atoms. The van der Waals surface area contributed by atoms with Crippen LogP contribution < -0.4 is 10.3 Å². The lowest BCUT2D eigenvalue weighted by Crippen LogP contribution is -2.22. The molecule has 0 atom stereocenters. The van der Waals surface area contributed by atoms with E-state index in [2.05, 4.69) is 0 Å². The second-order valence-corrected chi connectivity index (χ2v) is 6.40. The van der Waals surface area contributed by atoms with Gasteiger partial charge in [-0.25, -0.2) is 0 Å². The molecule has 0 bridgehead atoms. The molecule has 0 aliphatic heterocycles. The first-order valence-corrected chi connectivity index (χ1v) is 8.93. The molecule has 0 radical (unpaired) electrons. The van der Waals surface area contributed by atoms with Crippen LogP contribution in [-0.2, 0) is 0 Å². The van der Waals surface area contributed by atoms with Crippen molar-refractivity contribution in [2.45, 2.75) is 0 Å². The maximum Gasteiger partial charge on any atom is 0.291 e. The van der Waals surface area contributed by atoms with Crippen molar-refractivity contribution in [3.63, 3.8) is 0 Å². The van der Waals surface area contributed by atoms with E-state index in [1.54, 1.807) is 19.2 Å². The van der Waals surface area contributed by atoms with Crippen LogP contribution in [0.4, 0.5) is 0 Å². The zero-order valence-corrected chi connectivity index (χ0v) is 15.4. The van der Waals surface area contributed by atoms with E-state index >= 15 is 0 Å². The van der Waals surface area contributed by atoms with Crippen LogP contribution >= 0.6 is 0 Å². The van der Waals surface area contributed by atoms with Gasteiger partial charge in [0.2, 0.25) is 0 Å². The SMILES string of the molecule is COc1ccc(-c2cc(-c3ccccc3)c(-c3ccccc3)c(=O)n2O)cc1. The summed E-state index contributed by atoms with van der Waals surface area (Å²) in [6.45, 7) is 0. The number of hydrogen-bond acceptors (Lipinski definition) is 3. The fraction of sp³-hybridized carbons (Fsp3) is 0.0417. The summed E-state index contributed by atoms with van der Waals surface area (Å²) in [6, 6.07) is 28.2. The van der Waals surface area contributed by atoms with Crippen molar-refractivity contribution >= 4 is 0 Å². The highest BCUT2D eigenvalue weighted by Gasteiger charge is 2.18. The fourth-order valence-electron chi connectivity index (χ4n) is 3.30. The van der Waals surface area contributed by atoms with Crippen molar-refractivity contribution in [2.24, 2.45) is 0 Å². The summed E-state index contributed by atoms with van der Waals surface area (Å²) in [5.74, 6) is 0.708. The number of aromatic nitrogens is 1. The Balaban J connectivity index is 2.00. The summed E-state index contributed by atoms with van der Waals surface area (Å²) >= 11 is 0. The van der Waals surface area contributed by atoms with E-state index in [0.29, 0.717) is 17.0 Å². The lowest BCUT2D eigenvalue weighted by Gasteiger charge is -2.15. The van der Waals surface area contributed by atoms with Crippen LogP contribution in [-0.4, -0.2) is 17.0 Å². The Morgan fingerprint density at radius 3 is 1.89 bits per heavy atom. The molecule has 0 unspecified atom stereocenters. The van der Waals surface area contributed by atoms with E-state index < -0.39 is 5.56 Å². The minimum atomic E-state index is -0.460. The van der Waals surface area contributed by atoms with E-state index in [1.807, 2.05) is 78.9 Å². The fourth-order valence-corrected chi connectivity index (χ4v) is 3.30. The van der Waals surface area contributed by atoms with Gasteiger partial charge in [-0.2, -0.15) is 0 Å². The number of nitrogens with zero attached hydrogens (tertiary/aromatic N) is 1. The minimum absolute atomic E-state index is 0.422. The molecule has 1 heterocycles. The third-order valence-corrected chi connectivity index (χ3v) is 4.72. The zero-order chi connectivity index (χ0) is 19.5. The Bertz CT molecular complexity index is 1150. The summed E-state index contributed by atoms with van der Waals surface area (Å²) < 4.78 is 5.92. The topological polar surface area (TPSA) is 51.5 Å². The van der Waals surface area contributed by atoms with Crippen LogP contribution in [0.5, 0.6) is 5.75 Å². The van der Waals surface area contributed by atoms with Gasteiger partial charge in [-0.15, -0.1) is 4.73 Å². The summed E-state index contributed by atoms with van der Waals surface area (Å²) in [5, 5.41) is 10.7. The molecule has 0 amide bonds. The molecule has 28 heavy (non-hydrogen) atoms. The van der Waals surface area contributed by atoms with Gasteiger partial charge in [-0.05, 0) is 47.0 Å². The average Bonchev–Trinajstić information content (AvgIpc) is 2.77. The summed E-state index contributed by atoms with van der Waals surface area (Å²) in [6.07, 6.45) is 0. The molecule has 138 valence electrons. The van der Waals surface area contributed by atoms with E-state index in [9.17, 15) is 10.0 Å². The summed E-state index contributed by atoms with van der Waals surface area (Å²) in [5.41, 5.74) is 3.59. The van der Waals surface area contributed by atoms with Crippen molar-refractivity contribution in [1.29, 1.82) is 0 Å². The highest BCUT2D eigenvalue weighted by atomic mass is 16.5. The van der Waals surface area contributed by atoms with E-state index in [-0.39, 0.29) is 0 Å². The third-order valence-electron chi connectivity index (χ3n) is 4.72.